The normalized spacial score (nSPS) is 11.6. The Morgan fingerprint density at radius 1 is 0.260 bits per heavy atom. The molecule has 0 heterocycles. The van der Waals surface area contributed by atoms with E-state index in [4.69, 9.17) is 20.0 Å². The highest BCUT2D eigenvalue weighted by atomic mass is 15.2. The van der Waals surface area contributed by atoms with Crippen molar-refractivity contribution in [2.75, 3.05) is 152 Å². The van der Waals surface area contributed by atoms with Crippen LogP contribution in [0.4, 0.5) is 68.2 Å². The van der Waals surface area contributed by atoms with Crippen molar-refractivity contribution in [3.8, 4) is 0 Å². The summed E-state index contributed by atoms with van der Waals surface area (Å²) in [5.41, 5.74) is 12.4. The van der Waals surface area contributed by atoms with Gasteiger partial charge in [-0.2, -0.15) is 0 Å². The summed E-state index contributed by atoms with van der Waals surface area (Å²) in [6.07, 6.45) is 0. The zero-order valence-corrected chi connectivity index (χ0v) is 32.7. The van der Waals surface area contributed by atoms with Gasteiger partial charge in [-0.05, 0) is 24.3 Å². The highest BCUT2D eigenvalue weighted by molar-refractivity contribution is 6.12. The van der Waals surface area contributed by atoms with Crippen LogP contribution in [0.3, 0.4) is 0 Å². The molecule has 0 amide bonds. The number of benzene rings is 2. The molecule has 0 aliphatic heterocycles. The SMILES string of the molecule is CN(C)c1c(N(C)C)c1=Nc1ccc(N=c2c(N(C)C)c2N(C)C)c2c(N=c3c(N(C)C)c3N(C)C)ccc(N=c3c(N(C)C)c3N(C)C)c12. The Morgan fingerprint density at radius 2 is 0.400 bits per heavy atom. The summed E-state index contributed by atoms with van der Waals surface area (Å²) >= 11 is 0. The first-order chi connectivity index (χ1) is 23.5. The van der Waals surface area contributed by atoms with Gasteiger partial charge >= 0.3 is 0 Å². The van der Waals surface area contributed by atoms with Crippen molar-refractivity contribution in [2.24, 2.45) is 20.0 Å². The van der Waals surface area contributed by atoms with Crippen LogP contribution < -0.4 is 60.6 Å². The lowest BCUT2D eigenvalue weighted by molar-refractivity contribution is 1.12. The molecule has 0 aromatic heterocycles. The molecular weight excluding hydrogens is 625 g/mol. The molecule has 0 bridgehead atoms. The second kappa shape index (κ2) is 12.3. The molecule has 264 valence electrons. The van der Waals surface area contributed by atoms with Gasteiger partial charge in [-0.1, -0.05) is 0 Å². The lowest BCUT2D eigenvalue weighted by atomic mass is 10.0. The van der Waals surface area contributed by atoms with Gasteiger partial charge in [0.2, 0.25) is 0 Å². The molecule has 0 atom stereocenters. The summed E-state index contributed by atoms with van der Waals surface area (Å²) in [5.74, 6) is 0. The first kappa shape index (κ1) is 34.6. The van der Waals surface area contributed by atoms with Crippen molar-refractivity contribution < 1.29 is 0 Å². The minimum atomic E-state index is 0.837. The summed E-state index contributed by atoms with van der Waals surface area (Å²) in [6.45, 7) is 0. The fourth-order valence-electron chi connectivity index (χ4n) is 6.73. The van der Waals surface area contributed by atoms with Gasteiger partial charge in [-0.15, -0.1) is 0 Å². The number of fused-ring (bicyclic) bond motifs is 1. The van der Waals surface area contributed by atoms with E-state index in [1.807, 2.05) is 0 Å². The number of nitrogens with zero attached hydrogens (tertiary/aromatic N) is 12. The summed E-state index contributed by atoms with van der Waals surface area (Å²) in [4.78, 5) is 38.4. The Kier molecular flexibility index (Phi) is 8.48. The van der Waals surface area contributed by atoms with E-state index < -0.39 is 0 Å². The quantitative estimate of drug-likeness (QED) is 0.194. The van der Waals surface area contributed by atoms with Gasteiger partial charge in [0, 0.05) is 124 Å². The van der Waals surface area contributed by atoms with E-state index in [0.29, 0.717) is 0 Å². The largest absolute Gasteiger partial charge is 0.374 e. The van der Waals surface area contributed by atoms with Crippen molar-refractivity contribution in [3.05, 3.63) is 45.7 Å². The third-order valence-corrected chi connectivity index (χ3v) is 9.02. The maximum Gasteiger partial charge on any atom is 0.115 e. The van der Waals surface area contributed by atoms with E-state index in [1.54, 1.807) is 0 Å². The fraction of sp³-hybridized carbons (Fsp3) is 0.421. The predicted octanol–water partition coefficient (Wildman–Crippen LogP) is 3.80. The Bertz CT molecular complexity index is 1890. The van der Waals surface area contributed by atoms with Gasteiger partial charge in [0.05, 0.1) is 68.2 Å². The molecule has 6 rings (SSSR count). The van der Waals surface area contributed by atoms with Crippen LogP contribution in [0.15, 0.2) is 44.2 Å². The topological polar surface area (TPSA) is 75.4 Å². The van der Waals surface area contributed by atoms with Crippen LogP contribution in [0, 0.1) is 0 Å². The molecule has 0 aliphatic carbocycles. The second-order valence-corrected chi connectivity index (χ2v) is 14.7. The van der Waals surface area contributed by atoms with E-state index in [0.717, 1.165) is 100 Å². The van der Waals surface area contributed by atoms with Gasteiger partial charge in [-0.25, -0.2) is 20.0 Å². The van der Waals surface area contributed by atoms with Crippen molar-refractivity contribution in [2.45, 2.75) is 0 Å². The van der Waals surface area contributed by atoms with E-state index in [-0.39, 0.29) is 0 Å². The van der Waals surface area contributed by atoms with Crippen LogP contribution in [0.2, 0.25) is 0 Å². The first-order valence-electron chi connectivity index (χ1n) is 16.8. The number of rotatable bonds is 12. The van der Waals surface area contributed by atoms with Gasteiger partial charge < -0.3 is 39.2 Å². The monoisotopic (exact) mass is 676 g/mol. The molecule has 0 unspecified atom stereocenters. The summed E-state index contributed by atoms with van der Waals surface area (Å²) < 4.78 is 0. The molecule has 12 heteroatoms. The minimum absolute atomic E-state index is 0.837. The fourth-order valence-corrected chi connectivity index (χ4v) is 6.73. The van der Waals surface area contributed by atoms with Gasteiger partial charge in [0.15, 0.2) is 0 Å². The van der Waals surface area contributed by atoms with Crippen LogP contribution in [-0.4, -0.2) is 113 Å². The molecule has 0 radical (unpaired) electrons. The van der Waals surface area contributed by atoms with Crippen LogP contribution in [0.5, 0.6) is 0 Å². The molecule has 50 heavy (non-hydrogen) atoms. The molecular formula is C38H52N12. The molecule has 0 fully saturated rings. The predicted molar refractivity (Wildman–Crippen MR) is 215 cm³/mol. The van der Waals surface area contributed by atoms with Gasteiger partial charge in [0.1, 0.15) is 21.4 Å². The second-order valence-electron chi connectivity index (χ2n) is 14.7. The number of hydrogen-bond acceptors (Lipinski definition) is 12. The van der Waals surface area contributed by atoms with Crippen LogP contribution >= 0.6 is 0 Å². The zero-order chi connectivity index (χ0) is 36.7. The lowest BCUT2D eigenvalue weighted by Crippen LogP contribution is -2.08. The average molecular weight is 677 g/mol. The third kappa shape index (κ3) is 5.86. The number of anilines is 8. The number of hydrogen-bond donors (Lipinski definition) is 0. The van der Waals surface area contributed by atoms with Crippen molar-refractivity contribution >= 4 is 79.0 Å². The summed E-state index contributed by atoms with van der Waals surface area (Å²) in [5, 5.41) is 5.76. The molecule has 6 aromatic rings. The smallest absolute Gasteiger partial charge is 0.115 e. The molecule has 0 saturated carbocycles. The van der Waals surface area contributed by atoms with Gasteiger partial charge in [-0.3, -0.25) is 0 Å². The first-order valence-corrected chi connectivity index (χ1v) is 16.8. The van der Waals surface area contributed by atoms with Crippen molar-refractivity contribution in [1.29, 1.82) is 0 Å². The van der Waals surface area contributed by atoms with Crippen molar-refractivity contribution in [1.82, 2.24) is 0 Å². The van der Waals surface area contributed by atoms with Crippen LogP contribution in [0.1, 0.15) is 0 Å². The van der Waals surface area contributed by atoms with Crippen LogP contribution in [0.25, 0.3) is 10.8 Å². The maximum atomic E-state index is 5.35. The van der Waals surface area contributed by atoms with E-state index in [2.05, 4.69) is 176 Å². The summed E-state index contributed by atoms with van der Waals surface area (Å²) in [6, 6.07) is 8.36. The van der Waals surface area contributed by atoms with E-state index in [1.165, 1.54) is 0 Å². The van der Waals surface area contributed by atoms with Crippen molar-refractivity contribution in [3.63, 3.8) is 0 Å². The summed E-state index contributed by atoms with van der Waals surface area (Å²) in [7, 11) is 33.0. The molecule has 6 aromatic carbocycles. The highest BCUT2D eigenvalue weighted by Crippen LogP contribution is 2.47. The molecule has 0 saturated heterocycles. The lowest BCUT2D eigenvalue weighted by Gasteiger charge is -2.11. The Balaban J connectivity index is 1.75. The molecule has 0 spiro atoms. The highest BCUT2D eigenvalue weighted by Gasteiger charge is 2.29. The maximum absolute atomic E-state index is 5.35. The molecule has 0 N–H and O–H groups in total. The molecule has 0 aliphatic rings. The third-order valence-electron chi connectivity index (χ3n) is 9.02. The Labute approximate surface area is 296 Å². The Morgan fingerprint density at radius 3 is 0.520 bits per heavy atom. The zero-order valence-electron chi connectivity index (χ0n) is 32.7. The van der Waals surface area contributed by atoms with Crippen LogP contribution in [-0.2, 0) is 0 Å². The van der Waals surface area contributed by atoms with E-state index in [9.17, 15) is 0 Å². The van der Waals surface area contributed by atoms with Gasteiger partial charge in [0.25, 0.3) is 0 Å². The van der Waals surface area contributed by atoms with E-state index >= 15 is 0 Å². The standard InChI is InChI=1S/C38H52N12/c1-43(2)31-27(32(31)44(3)4)39-21-17-18-23(41-29-35(47(9)10)36(29)48(11)12)26-24(42-30-37(49(13)14)38(30)50(15)16)20-19-22(25(21)26)40-28-33(45(5)6)34(28)46(7)8/h17-20H,1-16H3. The minimum Gasteiger partial charge on any atom is -0.374 e. The average Bonchev–Trinajstić information content (AvgIpc) is 3.86. The Hall–Kier alpha value is -5.26. The molecule has 12 nitrogen and oxygen atoms in total.